The molecule has 1 aliphatic heterocycles. The molecule has 0 radical (unpaired) electrons. The van der Waals surface area contributed by atoms with Crippen molar-refractivity contribution < 1.29 is 32.3 Å². The summed E-state index contributed by atoms with van der Waals surface area (Å²) in [6, 6.07) is 13.4. The van der Waals surface area contributed by atoms with Crippen LogP contribution in [0, 0.1) is 0 Å². The lowest BCUT2D eigenvalue weighted by molar-refractivity contribution is -0.138. The van der Waals surface area contributed by atoms with Gasteiger partial charge in [-0.25, -0.2) is 22.8 Å². The van der Waals surface area contributed by atoms with E-state index in [1.165, 1.54) is 31.3 Å². The van der Waals surface area contributed by atoms with Crippen LogP contribution in [0.5, 0.6) is 0 Å². The second-order valence-corrected chi connectivity index (χ2v) is 8.87. The zero-order valence-electron chi connectivity index (χ0n) is 18.0. The van der Waals surface area contributed by atoms with E-state index in [1.54, 1.807) is 37.3 Å². The number of nitrogens with one attached hydrogen (secondary N) is 2. The fraction of sp³-hybridized carbons (Fsp3) is 0.227. The molecular formula is C22H23N3O7S. The number of carbonyl (C=O) groups is 3. The highest BCUT2D eigenvalue weighted by atomic mass is 32.2. The summed E-state index contributed by atoms with van der Waals surface area (Å²) in [4.78, 5) is 36.2. The molecule has 3 rings (SSSR count). The van der Waals surface area contributed by atoms with Crippen LogP contribution in [0.1, 0.15) is 17.3 Å². The zero-order valence-corrected chi connectivity index (χ0v) is 18.8. The zero-order chi connectivity index (χ0) is 24.0. The maximum Gasteiger partial charge on any atom is 0.338 e. The molecule has 0 aromatic heterocycles. The summed E-state index contributed by atoms with van der Waals surface area (Å²) in [6.45, 7) is 1.31. The molecule has 1 heterocycles. The van der Waals surface area contributed by atoms with Crippen LogP contribution < -0.4 is 14.9 Å². The van der Waals surface area contributed by atoms with Crippen LogP contribution in [0.3, 0.4) is 0 Å². The van der Waals surface area contributed by atoms with Crippen molar-refractivity contribution in [3.05, 3.63) is 71.4 Å². The molecule has 0 fully saturated rings. The van der Waals surface area contributed by atoms with Gasteiger partial charge in [-0.1, -0.05) is 24.3 Å². The Balaban J connectivity index is 1.78. The van der Waals surface area contributed by atoms with E-state index in [1.807, 2.05) is 0 Å². The van der Waals surface area contributed by atoms with E-state index >= 15 is 0 Å². The average Bonchev–Trinajstić information content (AvgIpc) is 2.82. The molecule has 0 bridgehead atoms. The Kier molecular flexibility index (Phi) is 7.34. The minimum Gasteiger partial charge on any atom is -0.463 e. The Bertz CT molecular complexity index is 1190. The molecule has 2 aromatic carbocycles. The number of sulfonamides is 1. The summed E-state index contributed by atoms with van der Waals surface area (Å²) in [6.07, 6.45) is 0. The number of amides is 2. The second-order valence-electron chi connectivity index (χ2n) is 6.90. The van der Waals surface area contributed by atoms with Crippen LogP contribution in [-0.4, -0.2) is 53.2 Å². The van der Waals surface area contributed by atoms with Gasteiger partial charge in [-0.2, -0.15) is 0 Å². The number of carbonyl (C=O) groups excluding carboxylic acids is 3. The molecule has 0 saturated heterocycles. The van der Waals surface area contributed by atoms with Crippen molar-refractivity contribution in [2.75, 3.05) is 31.1 Å². The van der Waals surface area contributed by atoms with E-state index in [2.05, 4.69) is 10.6 Å². The summed E-state index contributed by atoms with van der Waals surface area (Å²) in [5.41, 5.74) is 0.685. The molecule has 11 heteroatoms. The number of urea groups is 1. The van der Waals surface area contributed by atoms with Gasteiger partial charge >= 0.3 is 18.0 Å². The number of anilines is 1. The van der Waals surface area contributed by atoms with Gasteiger partial charge < -0.3 is 20.1 Å². The summed E-state index contributed by atoms with van der Waals surface area (Å²) in [5.74, 6) is -1.47. The standard InChI is InChI=1S/C22H23N3O7S/c1-3-31-21(27)18-13-23-22(28)24-19(18)14-32-20(26)15-8-7-11-17(12-15)33(29,30)25(2)16-9-5-4-6-10-16/h4-12H,3,13-14H2,1-2H3,(H2,23,24,28). The van der Waals surface area contributed by atoms with E-state index in [0.29, 0.717) is 5.69 Å². The fourth-order valence-corrected chi connectivity index (χ4v) is 4.25. The molecule has 2 amide bonds. The predicted molar refractivity (Wildman–Crippen MR) is 119 cm³/mol. The molecule has 0 unspecified atom stereocenters. The first kappa shape index (κ1) is 23.8. The van der Waals surface area contributed by atoms with Gasteiger partial charge in [0.1, 0.15) is 6.61 Å². The Hall–Kier alpha value is -3.86. The maximum absolute atomic E-state index is 13.0. The average molecular weight is 474 g/mol. The minimum atomic E-state index is -3.93. The number of hydrogen-bond donors (Lipinski definition) is 2. The lowest BCUT2D eigenvalue weighted by Gasteiger charge is -2.21. The van der Waals surface area contributed by atoms with Gasteiger partial charge in [0, 0.05) is 7.05 Å². The van der Waals surface area contributed by atoms with Crippen LogP contribution in [0.15, 0.2) is 70.8 Å². The van der Waals surface area contributed by atoms with Crippen molar-refractivity contribution in [2.45, 2.75) is 11.8 Å². The molecule has 0 atom stereocenters. The Morgan fingerprint density at radius 1 is 1.03 bits per heavy atom. The number of ether oxygens (including phenoxy) is 2. The van der Waals surface area contributed by atoms with Gasteiger partial charge in [0.15, 0.2) is 0 Å². The normalized spacial score (nSPS) is 13.6. The van der Waals surface area contributed by atoms with Gasteiger partial charge in [0.25, 0.3) is 10.0 Å². The molecule has 33 heavy (non-hydrogen) atoms. The molecule has 2 aromatic rings. The van der Waals surface area contributed by atoms with Crippen molar-refractivity contribution in [3.63, 3.8) is 0 Å². The van der Waals surface area contributed by atoms with E-state index in [-0.39, 0.29) is 34.9 Å². The fourth-order valence-electron chi connectivity index (χ4n) is 3.01. The van der Waals surface area contributed by atoms with Crippen molar-refractivity contribution in [3.8, 4) is 0 Å². The summed E-state index contributed by atoms with van der Waals surface area (Å²) >= 11 is 0. The summed E-state index contributed by atoms with van der Waals surface area (Å²) in [5, 5.41) is 4.88. The highest BCUT2D eigenvalue weighted by Crippen LogP contribution is 2.22. The maximum atomic E-state index is 13.0. The first-order valence-corrected chi connectivity index (χ1v) is 11.4. The number of hydrogen-bond acceptors (Lipinski definition) is 7. The van der Waals surface area contributed by atoms with Crippen LogP contribution >= 0.6 is 0 Å². The topological polar surface area (TPSA) is 131 Å². The highest BCUT2D eigenvalue weighted by Gasteiger charge is 2.26. The van der Waals surface area contributed by atoms with Crippen molar-refractivity contribution in [1.29, 1.82) is 0 Å². The second kappa shape index (κ2) is 10.2. The smallest absolute Gasteiger partial charge is 0.338 e. The van der Waals surface area contributed by atoms with Crippen LogP contribution in [-0.2, 0) is 24.3 Å². The lowest BCUT2D eigenvalue weighted by Crippen LogP contribution is -2.45. The van der Waals surface area contributed by atoms with Crippen molar-refractivity contribution in [1.82, 2.24) is 10.6 Å². The molecule has 2 N–H and O–H groups in total. The molecule has 0 spiro atoms. The Morgan fingerprint density at radius 3 is 2.45 bits per heavy atom. The summed E-state index contributed by atoms with van der Waals surface area (Å²) < 4.78 is 37.3. The van der Waals surface area contributed by atoms with Gasteiger partial charge in [-0.3, -0.25) is 4.31 Å². The van der Waals surface area contributed by atoms with Crippen LogP contribution in [0.25, 0.3) is 0 Å². The van der Waals surface area contributed by atoms with Crippen LogP contribution in [0.2, 0.25) is 0 Å². The number of para-hydroxylation sites is 1. The highest BCUT2D eigenvalue weighted by molar-refractivity contribution is 7.92. The minimum absolute atomic E-state index is 0.00363. The molecule has 10 nitrogen and oxygen atoms in total. The number of benzene rings is 2. The Labute approximate surface area is 191 Å². The summed E-state index contributed by atoms with van der Waals surface area (Å²) in [7, 11) is -2.51. The third kappa shape index (κ3) is 5.50. The van der Waals surface area contributed by atoms with Crippen molar-refractivity contribution >= 4 is 33.7 Å². The van der Waals surface area contributed by atoms with Gasteiger partial charge in [-0.15, -0.1) is 0 Å². The third-order valence-electron chi connectivity index (χ3n) is 4.77. The van der Waals surface area contributed by atoms with Crippen LogP contribution in [0.4, 0.5) is 10.5 Å². The predicted octanol–water partition coefficient (Wildman–Crippen LogP) is 1.80. The van der Waals surface area contributed by atoms with Crippen molar-refractivity contribution in [2.24, 2.45) is 0 Å². The van der Waals surface area contributed by atoms with E-state index < -0.39 is 34.6 Å². The van der Waals surface area contributed by atoms with E-state index in [9.17, 15) is 22.8 Å². The van der Waals surface area contributed by atoms with E-state index in [0.717, 1.165) is 4.31 Å². The number of rotatable bonds is 8. The largest absolute Gasteiger partial charge is 0.463 e. The molecule has 0 saturated carbocycles. The quantitative estimate of drug-likeness (QED) is 0.559. The first-order valence-electron chi connectivity index (χ1n) is 9.99. The SMILES string of the molecule is CCOC(=O)C1=C(COC(=O)c2cccc(S(=O)(=O)N(C)c3ccccc3)c2)NC(=O)NC1. The van der Waals surface area contributed by atoms with Gasteiger partial charge in [-0.05, 0) is 37.3 Å². The third-order valence-corrected chi connectivity index (χ3v) is 6.55. The molecule has 0 aliphatic carbocycles. The van der Waals surface area contributed by atoms with Gasteiger partial charge in [0.2, 0.25) is 0 Å². The molecule has 174 valence electrons. The Morgan fingerprint density at radius 2 is 1.76 bits per heavy atom. The number of esters is 2. The molecule has 1 aliphatic rings. The molecular weight excluding hydrogens is 450 g/mol. The van der Waals surface area contributed by atoms with Gasteiger partial charge in [0.05, 0.1) is 40.6 Å². The number of nitrogens with zero attached hydrogens (tertiary/aromatic N) is 1. The monoisotopic (exact) mass is 473 g/mol. The first-order chi connectivity index (χ1) is 15.7. The lowest BCUT2D eigenvalue weighted by atomic mass is 10.1. The van der Waals surface area contributed by atoms with E-state index in [4.69, 9.17) is 9.47 Å².